The molecule has 2 rings (SSSR count). The molecule has 0 fully saturated rings. The summed E-state index contributed by atoms with van der Waals surface area (Å²) in [7, 11) is 1.59. The van der Waals surface area contributed by atoms with Crippen molar-refractivity contribution in [2.45, 2.75) is 13.8 Å². The molecule has 0 aliphatic heterocycles. The second-order valence-electron chi connectivity index (χ2n) is 4.59. The SMILES string of the molecule is CCOc1cc(C)c(C(=O)c2ccc(OC)cc2)cc1Cl. The van der Waals surface area contributed by atoms with Crippen LogP contribution in [0, 0.1) is 6.92 Å². The molecule has 0 aliphatic carbocycles. The van der Waals surface area contributed by atoms with E-state index in [1.165, 1.54) is 0 Å². The Hall–Kier alpha value is -2.00. The lowest BCUT2D eigenvalue weighted by atomic mass is 9.99. The summed E-state index contributed by atoms with van der Waals surface area (Å²) in [6, 6.07) is 10.5. The maximum atomic E-state index is 12.5. The van der Waals surface area contributed by atoms with Gasteiger partial charge in [-0.2, -0.15) is 0 Å². The molecular weight excluding hydrogens is 288 g/mol. The number of carbonyl (C=O) groups excluding carboxylic acids is 1. The van der Waals surface area contributed by atoms with E-state index in [9.17, 15) is 4.79 Å². The lowest BCUT2D eigenvalue weighted by Gasteiger charge is -2.11. The van der Waals surface area contributed by atoms with E-state index in [2.05, 4.69) is 0 Å². The third kappa shape index (κ3) is 3.37. The number of ketones is 1. The molecule has 4 heteroatoms. The van der Waals surface area contributed by atoms with Crippen molar-refractivity contribution in [1.29, 1.82) is 0 Å². The normalized spacial score (nSPS) is 10.3. The number of hydrogen-bond acceptors (Lipinski definition) is 3. The minimum absolute atomic E-state index is 0.0694. The van der Waals surface area contributed by atoms with Crippen molar-refractivity contribution < 1.29 is 14.3 Å². The van der Waals surface area contributed by atoms with Crippen molar-refractivity contribution in [1.82, 2.24) is 0 Å². The highest BCUT2D eigenvalue weighted by Gasteiger charge is 2.15. The number of hydrogen-bond donors (Lipinski definition) is 0. The molecule has 0 saturated heterocycles. The van der Waals surface area contributed by atoms with E-state index in [1.54, 1.807) is 43.5 Å². The Bertz CT molecular complexity index is 648. The van der Waals surface area contributed by atoms with Gasteiger partial charge in [0.15, 0.2) is 5.78 Å². The van der Waals surface area contributed by atoms with Gasteiger partial charge in [-0.1, -0.05) is 11.6 Å². The average Bonchev–Trinajstić information content (AvgIpc) is 2.50. The van der Waals surface area contributed by atoms with Gasteiger partial charge in [0, 0.05) is 11.1 Å². The smallest absolute Gasteiger partial charge is 0.193 e. The first-order valence-corrected chi connectivity index (χ1v) is 7.06. The molecule has 0 heterocycles. The Balaban J connectivity index is 2.36. The molecular formula is C17H17ClO3. The fraction of sp³-hybridized carbons (Fsp3) is 0.235. The summed E-state index contributed by atoms with van der Waals surface area (Å²) in [5.41, 5.74) is 2.01. The predicted octanol–water partition coefficient (Wildman–Crippen LogP) is 4.29. The fourth-order valence-corrected chi connectivity index (χ4v) is 2.28. The van der Waals surface area contributed by atoms with Crippen molar-refractivity contribution in [2.75, 3.05) is 13.7 Å². The molecule has 0 spiro atoms. The van der Waals surface area contributed by atoms with Gasteiger partial charge >= 0.3 is 0 Å². The largest absolute Gasteiger partial charge is 0.497 e. The molecule has 0 unspecified atom stereocenters. The van der Waals surface area contributed by atoms with Crippen LogP contribution < -0.4 is 9.47 Å². The minimum Gasteiger partial charge on any atom is -0.497 e. The van der Waals surface area contributed by atoms with Gasteiger partial charge in [-0.05, 0) is 55.8 Å². The second-order valence-corrected chi connectivity index (χ2v) is 5.00. The van der Waals surface area contributed by atoms with Crippen molar-refractivity contribution in [3.05, 3.63) is 58.1 Å². The van der Waals surface area contributed by atoms with Crippen molar-refractivity contribution in [2.24, 2.45) is 0 Å². The van der Waals surface area contributed by atoms with E-state index >= 15 is 0 Å². The summed E-state index contributed by atoms with van der Waals surface area (Å²) in [5.74, 6) is 1.25. The van der Waals surface area contributed by atoms with Gasteiger partial charge in [-0.3, -0.25) is 4.79 Å². The van der Waals surface area contributed by atoms with Gasteiger partial charge in [0.05, 0.1) is 18.7 Å². The zero-order valence-corrected chi connectivity index (χ0v) is 13.0. The summed E-state index contributed by atoms with van der Waals surface area (Å²) in [6.07, 6.45) is 0. The molecule has 0 bridgehead atoms. The van der Waals surface area contributed by atoms with Crippen LogP contribution in [-0.2, 0) is 0 Å². The molecule has 21 heavy (non-hydrogen) atoms. The number of aryl methyl sites for hydroxylation is 1. The lowest BCUT2D eigenvalue weighted by Crippen LogP contribution is -2.05. The molecule has 0 aromatic heterocycles. The molecule has 0 aliphatic rings. The number of methoxy groups -OCH3 is 1. The molecule has 3 nitrogen and oxygen atoms in total. The Morgan fingerprint density at radius 2 is 1.86 bits per heavy atom. The summed E-state index contributed by atoms with van der Waals surface area (Å²) < 4.78 is 10.5. The van der Waals surface area contributed by atoms with Crippen molar-refractivity contribution in [3.63, 3.8) is 0 Å². The molecule has 0 saturated carbocycles. The molecule has 2 aromatic carbocycles. The predicted molar refractivity (Wildman–Crippen MR) is 83.8 cm³/mol. The number of ether oxygens (including phenoxy) is 2. The van der Waals surface area contributed by atoms with Crippen LogP contribution in [0.5, 0.6) is 11.5 Å². The molecule has 110 valence electrons. The van der Waals surface area contributed by atoms with Gasteiger partial charge in [0.1, 0.15) is 11.5 Å². The Kier molecular flexibility index (Phi) is 4.86. The van der Waals surface area contributed by atoms with Crippen LogP contribution in [-0.4, -0.2) is 19.5 Å². The number of halogens is 1. The summed E-state index contributed by atoms with van der Waals surface area (Å²) in [5, 5.41) is 0.444. The topological polar surface area (TPSA) is 35.5 Å². The maximum absolute atomic E-state index is 12.5. The number of benzene rings is 2. The monoisotopic (exact) mass is 304 g/mol. The van der Waals surface area contributed by atoms with Crippen LogP contribution in [0.1, 0.15) is 28.4 Å². The van der Waals surface area contributed by atoms with Crippen LogP contribution in [0.25, 0.3) is 0 Å². The summed E-state index contributed by atoms with van der Waals surface area (Å²) in [6.45, 7) is 4.29. The number of rotatable bonds is 5. The average molecular weight is 305 g/mol. The van der Waals surface area contributed by atoms with Crippen LogP contribution in [0.3, 0.4) is 0 Å². The number of carbonyl (C=O) groups is 1. The maximum Gasteiger partial charge on any atom is 0.193 e. The van der Waals surface area contributed by atoms with Crippen LogP contribution in [0.2, 0.25) is 5.02 Å². The first-order valence-electron chi connectivity index (χ1n) is 6.68. The second kappa shape index (κ2) is 6.64. The summed E-state index contributed by atoms with van der Waals surface area (Å²) >= 11 is 6.16. The first kappa shape index (κ1) is 15.4. The zero-order valence-electron chi connectivity index (χ0n) is 12.3. The van der Waals surface area contributed by atoms with Crippen LogP contribution in [0.15, 0.2) is 36.4 Å². The molecule has 0 radical (unpaired) electrons. The highest BCUT2D eigenvalue weighted by atomic mass is 35.5. The van der Waals surface area contributed by atoms with E-state index in [4.69, 9.17) is 21.1 Å². The van der Waals surface area contributed by atoms with E-state index in [-0.39, 0.29) is 5.78 Å². The van der Waals surface area contributed by atoms with Crippen LogP contribution >= 0.6 is 11.6 Å². The zero-order chi connectivity index (χ0) is 15.4. The standard InChI is InChI=1S/C17H17ClO3/c1-4-21-16-9-11(2)14(10-15(16)18)17(19)12-5-7-13(20-3)8-6-12/h5-10H,4H2,1-3H3. The minimum atomic E-state index is -0.0694. The van der Waals surface area contributed by atoms with Gasteiger partial charge in [0.2, 0.25) is 0 Å². The van der Waals surface area contributed by atoms with E-state index in [0.717, 1.165) is 5.56 Å². The van der Waals surface area contributed by atoms with Crippen molar-refractivity contribution in [3.8, 4) is 11.5 Å². The molecule has 2 aromatic rings. The molecule has 0 amide bonds. The molecule has 0 N–H and O–H groups in total. The van der Waals surface area contributed by atoms with Gasteiger partial charge in [-0.25, -0.2) is 0 Å². The Labute approximate surface area is 129 Å². The quantitative estimate of drug-likeness (QED) is 0.773. The highest BCUT2D eigenvalue weighted by Crippen LogP contribution is 2.29. The Morgan fingerprint density at radius 1 is 1.19 bits per heavy atom. The third-order valence-electron chi connectivity index (χ3n) is 3.18. The fourth-order valence-electron chi connectivity index (χ4n) is 2.06. The van der Waals surface area contributed by atoms with E-state index < -0.39 is 0 Å². The molecule has 0 atom stereocenters. The first-order chi connectivity index (χ1) is 10.1. The van der Waals surface area contributed by atoms with Crippen LogP contribution in [0.4, 0.5) is 0 Å². The van der Waals surface area contributed by atoms with Gasteiger partial charge in [0.25, 0.3) is 0 Å². The summed E-state index contributed by atoms with van der Waals surface area (Å²) in [4.78, 5) is 12.5. The van der Waals surface area contributed by atoms with E-state index in [1.807, 2.05) is 13.8 Å². The van der Waals surface area contributed by atoms with E-state index in [0.29, 0.717) is 34.3 Å². The van der Waals surface area contributed by atoms with Crippen molar-refractivity contribution >= 4 is 17.4 Å². The lowest BCUT2D eigenvalue weighted by molar-refractivity contribution is 0.103. The highest BCUT2D eigenvalue weighted by molar-refractivity contribution is 6.32. The third-order valence-corrected chi connectivity index (χ3v) is 3.47. The van der Waals surface area contributed by atoms with Gasteiger partial charge in [-0.15, -0.1) is 0 Å². The Morgan fingerprint density at radius 3 is 2.43 bits per heavy atom. The van der Waals surface area contributed by atoms with Gasteiger partial charge < -0.3 is 9.47 Å².